The molecule has 168 valence electrons. The van der Waals surface area contributed by atoms with E-state index in [0.29, 0.717) is 11.3 Å². The third kappa shape index (κ3) is 6.90. The van der Waals surface area contributed by atoms with Gasteiger partial charge in [0.25, 0.3) is 5.91 Å². The van der Waals surface area contributed by atoms with Crippen molar-refractivity contribution in [3.05, 3.63) is 47.3 Å². The highest BCUT2D eigenvalue weighted by molar-refractivity contribution is 5.96. The first-order valence-corrected chi connectivity index (χ1v) is 9.36. The van der Waals surface area contributed by atoms with Crippen molar-refractivity contribution in [2.45, 2.75) is 45.6 Å². The summed E-state index contributed by atoms with van der Waals surface area (Å²) in [5, 5.41) is 5.34. The number of halogens is 4. The fourth-order valence-corrected chi connectivity index (χ4v) is 2.42. The summed E-state index contributed by atoms with van der Waals surface area (Å²) < 4.78 is 54.8. The van der Waals surface area contributed by atoms with E-state index in [4.69, 9.17) is 0 Å². The lowest BCUT2D eigenvalue weighted by Crippen LogP contribution is -2.33. The quantitative estimate of drug-likeness (QED) is 0.575. The van der Waals surface area contributed by atoms with Crippen LogP contribution in [-0.4, -0.2) is 40.7 Å². The molecule has 0 aliphatic carbocycles. The molecule has 2 aromatic heterocycles. The zero-order valence-electron chi connectivity index (χ0n) is 17.1. The van der Waals surface area contributed by atoms with Crippen LogP contribution >= 0.6 is 0 Å². The Morgan fingerprint density at radius 2 is 1.94 bits per heavy atom. The van der Waals surface area contributed by atoms with Crippen molar-refractivity contribution in [1.29, 1.82) is 0 Å². The third-order valence-corrected chi connectivity index (χ3v) is 4.14. The normalized spacial score (nSPS) is 12.4. The Kier molecular flexibility index (Phi) is 7.89. The summed E-state index contributed by atoms with van der Waals surface area (Å²) in [5.74, 6) is -4.93. The summed E-state index contributed by atoms with van der Waals surface area (Å²) in [5.41, 5.74) is 1.36. The van der Waals surface area contributed by atoms with E-state index in [-0.39, 0.29) is 29.6 Å². The number of hydrogen-bond donors (Lipinski definition) is 2. The largest absolute Gasteiger partial charge is 0.471 e. The molecule has 11 heteroatoms. The van der Waals surface area contributed by atoms with E-state index in [0.717, 1.165) is 0 Å². The van der Waals surface area contributed by atoms with Crippen LogP contribution < -0.4 is 15.4 Å². The van der Waals surface area contributed by atoms with E-state index in [9.17, 15) is 27.2 Å². The van der Waals surface area contributed by atoms with Crippen LogP contribution in [-0.2, 0) is 4.79 Å². The van der Waals surface area contributed by atoms with Crippen LogP contribution in [0.3, 0.4) is 0 Å². The summed E-state index contributed by atoms with van der Waals surface area (Å²) in [6, 6.07) is 5.20. The second-order valence-electron chi connectivity index (χ2n) is 6.76. The van der Waals surface area contributed by atoms with Gasteiger partial charge in [0.05, 0.1) is 6.04 Å². The van der Waals surface area contributed by atoms with Crippen LogP contribution in [0.25, 0.3) is 0 Å². The molecule has 0 saturated carbocycles. The average Bonchev–Trinajstić information content (AvgIpc) is 2.71. The molecule has 7 nitrogen and oxygen atoms in total. The first kappa shape index (κ1) is 24.0. The molecule has 0 saturated heterocycles. The summed E-state index contributed by atoms with van der Waals surface area (Å²) in [6.45, 7) is 3.55. The Hall–Kier alpha value is -3.24. The lowest BCUT2D eigenvalue weighted by Gasteiger charge is -2.17. The first-order valence-electron chi connectivity index (χ1n) is 9.36. The SMILES string of the molecule is CCC(=O)Nc1cc(C(=O)NC(C)c2ccc(OCC(F)(F)C(F)F)nc2)cc(C)n1. The molecule has 2 aromatic rings. The molecular formula is C20H22F4N4O3. The molecule has 0 radical (unpaired) electrons. The number of pyridine rings is 2. The molecule has 0 bridgehead atoms. The minimum atomic E-state index is -4.28. The van der Waals surface area contributed by atoms with Crippen LogP contribution in [0.5, 0.6) is 5.88 Å². The molecule has 2 N–H and O–H groups in total. The van der Waals surface area contributed by atoms with Gasteiger partial charge in [-0.1, -0.05) is 13.0 Å². The van der Waals surface area contributed by atoms with Gasteiger partial charge in [0.2, 0.25) is 11.8 Å². The van der Waals surface area contributed by atoms with Gasteiger partial charge in [-0.25, -0.2) is 18.7 Å². The van der Waals surface area contributed by atoms with E-state index in [1.165, 1.54) is 24.4 Å². The topological polar surface area (TPSA) is 93.2 Å². The predicted molar refractivity (Wildman–Crippen MR) is 104 cm³/mol. The van der Waals surface area contributed by atoms with Crippen LogP contribution in [0, 0.1) is 6.92 Å². The van der Waals surface area contributed by atoms with E-state index in [2.05, 4.69) is 25.3 Å². The average molecular weight is 442 g/mol. The number of carbonyl (C=O) groups is 2. The Morgan fingerprint density at radius 1 is 1.23 bits per heavy atom. The summed E-state index contributed by atoms with van der Waals surface area (Å²) >= 11 is 0. The fourth-order valence-electron chi connectivity index (χ4n) is 2.42. The zero-order chi connectivity index (χ0) is 23.2. The van der Waals surface area contributed by atoms with Gasteiger partial charge >= 0.3 is 12.3 Å². The number of nitrogens with one attached hydrogen (secondary N) is 2. The molecule has 0 aliphatic heterocycles. The third-order valence-electron chi connectivity index (χ3n) is 4.14. The number of aryl methyl sites for hydroxylation is 1. The van der Waals surface area contributed by atoms with Gasteiger partial charge in [0, 0.05) is 29.9 Å². The predicted octanol–water partition coefficient (Wildman–Crippen LogP) is 3.90. The molecule has 0 fully saturated rings. The van der Waals surface area contributed by atoms with Gasteiger partial charge in [-0.15, -0.1) is 0 Å². The van der Waals surface area contributed by atoms with E-state index >= 15 is 0 Å². The molecule has 0 spiro atoms. The van der Waals surface area contributed by atoms with Crippen molar-refractivity contribution < 1.29 is 31.9 Å². The summed E-state index contributed by atoms with van der Waals surface area (Å²) in [4.78, 5) is 32.1. The first-order chi connectivity index (χ1) is 14.5. The van der Waals surface area contributed by atoms with Crippen molar-refractivity contribution in [3.8, 4) is 5.88 Å². The van der Waals surface area contributed by atoms with E-state index < -0.39 is 30.9 Å². The lowest BCUT2D eigenvalue weighted by molar-refractivity contribution is -0.148. The number of carbonyl (C=O) groups excluding carboxylic acids is 2. The number of aromatic nitrogens is 2. The van der Waals surface area contributed by atoms with Crippen LogP contribution in [0.1, 0.15) is 47.9 Å². The highest BCUT2D eigenvalue weighted by Crippen LogP contribution is 2.24. The van der Waals surface area contributed by atoms with Crippen molar-refractivity contribution in [2.75, 3.05) is 11.9 Å². The minimum Gasteiger partial charge on any atom is -0.471 e. The minimum absolute atomic E-state index is 0.238. The van der Waals surface area contributed by atoms with E-state index in [1.807, 2.05) is 0 Å². The Morgan fingerprint density at radius 3 is 2.52 bits per heavy atom. The van der Waals surface area contributed by atoms with Gasteiger partial charge in [0.1, 0.15) is 5.82 Å². The van der Waals surface area contributed by atoms with Crippen molar-refractivity contribution in [1.82, 2.24) is 15.3 Å². The molecule has 2 rings (SSSR count). The van der Waals surface area contributed by atoms with Crippen molar-refractivity contribution in [3.63, 3.8) is 0 Å². The summed E-state index contributed by atoms with van der Waals surface area (Å²) in [7, 11) is 0. The maximum Gasteiger partial charge on any atom is 0.340 e. The maximum atomic E-state index is 12.9. The monoisotopic (exact) mass is 442 g/mol. The summed E-state index contributed by atoms with van der Waals surface area (Å²) in [6.07, 6.45) is -2.29. The van der Waals surface area contributed by atoms with Gasteiger partial charge < -0.3 is 15.4 Å². The number of anilines is 1. The van der Waals surface area contributed by atoms with Crippen molar-refractivity contribution in [2.24, 2.45) is 0 Å². The van der Waals surface area contributed by atoms with Crippen LogP contribution in [0.15, 0.2) is 30.5 Å². The van der Waals surface area contributed by atoms with Gasteiger partial charge in [-0.05, 0) is 31.5 Å². The van der Waals surface area contributed by atoms with Crippen LogP contribution in [0.4, 0.5) is 23.4 Å². The lowest BCUT2D eigenvalue weighted by atomic mass is 10.1. The Balaban J connectivity index is 2.02. The number of amides is 2. The zero-order valence-corrected chi connectivity index (χ0v) is 17.1. The number of alkyl halides is 4. The Bertz CT molecular complexity index is 923. The maximum absolute atomic E-state index is 12.9. The molecule has 1 atom stereocenters. The van der Waals surface area contributed by atoms with Crippen LogP contribution in [0.2, 0.25) is 0 Å². The highest BCUT2D eigenvalue weighted by atomic mass is 19.3. The Labute approximate surface area is 176 Å². The standard InChI is InChI=1S/C20H22F4N4O3/c1-4-16(29)28-15-8-14(7-11(2)26-15)18(30)27-12(3)13-5-6-17(25-9-13)31-10-20(23,24)19(21)22/h5-9,12,19H,4,10H2,1-3H3,(H,27,30)(H,26,28,29). The van der Waals surface area contributed by atoms with E-state index in [1.54, 1.807) is 26.8 Å². The highest BCUT2D eigenvalue weighted by Gasteiger charge is 2.41. The van der Waals surface area contributed by atoms with Gasteiger partial charge in [-0.3, -0.25) is 9.59 Å². The molecule has 31 heavy (non-hydrogen) atoms. The van der Waals surface area contributed by atoms with Crippen molar-refractivity contribution >= 4 is 17.6 Å². The molecule has 2 heterocycles. The second-order valence-corrected chi connectivity index (χ2v) is 6.76. The second kappa shape index (κ2) is 10.2. The molecule has 1 unspecified atom stereocenters. The molecule has 0 aliphatic rings. The number of nitrogens with zero attached hydrogens (tertiary/aromatic N) is 2. The number of rotatable bonds is 9. The fraction of sp³-hybridized carbons (Fsp3) is 0.400. The van der Waals surface area contributed by atoms with Gasteiger partial charge in [-0.2, -0.15) is 8.78 Å². The number of ether oxygens (including phenoxy) is 1. The number of hydrogen-bond acceptors (Lipinski definition) is 5. The smallest absolute Gasteiger partial charge is 0.340 e. The molecule has 0 aromatic carbocycles. The molecule has 2 amide bonds. The van der Waals surface area contributed by atoms with Gasteiger partial charge in [0.15, 0.2) is 6.61 Å². The molecular weight excluding hydrogens is 420 g/mol.